The highest BCUT2D eigenvalue weighted by Crippen LogP contribution is 2.24. The molecule has 1 atom stereocenters. The van der Waals surface area contributed by atoms with Crippen LogP contribution in [0, 0.1) is 10.1 Å². The van der Waals surface area contributed by atoms with E-state index in [1.54, 1.807) is 18.2 Å². The Morgan fingerprint density at radius 2 is 2.20 bits per heavy atom. The molecule has 0 aliphatic carbocycles. The first kappa shape index (κ1) is 11.2. The van der Waals surface area contributed by atoms with Crippen molar-refractivity contribution in [3.8, 4) is 0 Å². The van der Waals surface area contributed by atoms with Crippen LogP contribution < -0.4 is 0 Å². The van der Waals surface area contributed by atoms with Gasteiger partial charge >= 0.3 is 0 Å². The molecule has 80 valence electrons. The monoisotopic (exact) mass is 208 g/mol. The highest BCUT2D eigenvalue weighted by molar-refractivity contribution is 5.69. The minimum Gasteiger partial charge on any atom is -0.399 e. The summed E-state index contributed by atoms with van der Waals surface area (Å²) in [6.07, 6.45) is 1.53. The first-order valence-electron chi connectivity index (χ1n) is 4.46. The van der Waals surface area contributed by atoms with Crippen LogP contribution in [-0.4, -0.2) is 18.2 Å². The molecule has 0 aromatic heterocycles. The van der Waals surface area contributed by atoms with Crippen LogP contribution in [-0.2, 0) is 4.84 Å². The summed E-state index contributed by atoms with van der Waals surface area (Å²) in [5.74, 6) is -0.147. The van der Waals surface area contributed by atoms with E-state index in [2.05, 4.69) is 9.99 Å². The van der Waals surface area contributed by atoms with E-state index in [-0.39, 0.29) is 11.6 Å². The third-order valence-electron chi connectivity index (χ3n) is 2.01. The van der Waals surface area contributed by atoms with E-state index >= 15 is 0 Å². The Balaban J connectivity index is 3.02. The number of benzene rings is 1. The second-order valence-corrected chi connectivity index (χ2v) is 3.04. The van der Waals surface area contributed by atoms with Gasteiger partial charge in [0.1, 0.15) is 7.11 Å². The third-order valence-corrected chi connectivity index (χ3v) is 2.01. The standard InChI is InChI=1S/C10H12N2O3/c1-8(7-11-15-2)9-5-3-4-6-10(9)12(13)14/h3-8H,1-2H3. The van der Waals surface area contributed by atoms with Gasteiger partial charge in [-0.25, -0.2) is 0 Å². The number of para-hydroxylation sites is 1. The molecule has 5 heteroatoms. The van der Waals surface area contributed by atoms with Gasteiger partial charge in [-0.1, -0.05) is 30.3 Å². The highest BCUT2D eigenvalue weighted by Gasteiger charge is 2.16. The summed E-state index contributed by atoms with van der Waals surface area (Å²) in [4.78, 5) is 14.9. The van der Waals surface area contributed by atoms with E-state index in [1.807, 2.05) is 6.92 Å². The highest BCUT2D eigenvalue weighted by atomic mass is 16.6. The first-order valence-corrected chi connectivity index (χ1v) is 4.46. The summed E-state index contributed by atoms with van der Waals surface area (Å²) in [5, 5.41) is 14.3. The molecule has 0 saturated heterocycles. The van der Waals surface area contributed by atoms with Gasteiger partial charge in [-0.3, -0.25) is 10.1 Å². The van der Waals surface area contributed by atoms with Crippen LogP contribution in [0.5, 0.6) is 0 Å². The summed E-state index contributed by atoms with van der Waals surface area (Å²) in [5.41, 5.74) is 0.732. The second kappa shape index (κ2) is 5.09. The van der Waals surface area contributed by atoms with E-state index < -0.39 is 4.92 Å². The number of nitrogens with zero attached hydrogens (tertiary/aromatic N) is 2. The topological polar surface area (TPSA) is 64.7 Å². The molecule has 0 amide bonds. The Morgan fingerprint density at radius 3 is 2.80 bits per heavy atom. The van der Waals surface area contributed by atoms with Crippen LogP contribution in [0.2, 0.25) is 0 Å². The minimum atomic E-state index is -0.396. The largest absolute Gasteiger partial charge is 0.399 e. The number of oxime groups is 1. The molecule has 1 aromatic rings. The maximum atomic E-state index is 10.7. The van der Waals surface area contributed by atoms with Gasteiger partial charge in [0, 0.05) is 17.5 Å². The van der Waals surface area contributed by atoms with Gasteiger partial charge in [-0.2, -0.15) is 0 Å². The van der Waals surface area contributed by atoms with Gasteiger partial charge in [-0.05, 0) is 0 Å². The molecule has 0 heterocycles. The Bertz CT molecular complexity index is 377. The molecule has 15 heavy (non-hydrogen) atoms. The molecule has 0 aliphatic rings. The Labute approximate surface area is 87.5 Å². The average molecular weight is 208 g/mol. The quantitative estimate of drug-likeness (QED) is 0.433. The molecular weight excluding hydrogens is 196 g/mol. The molecule has 5 nitrogen and oxygen atoms in total. The molecule has 1 rings (SSSR count). The number of hydrogen-bond donors (Lipinski definition) is 0. The Morgan fingerprint density at radius 1 is 1.53 bits per heavy atom. The van der Waals surface area contributed by atoms with E-state index in [0.717, 1.165) is 0 Å². The molecule has 0 spiro atoms. The lowest BCUT2D eigenvalue weighted by molar-refractivity contribution is -0.385. The van der Waals surface area contributed by atoms with E-state index in [9.17, 15) is 10.1 Å². The lowest BCUT2D eigenvalue weighted by atomic mass is 10.0. The molecule has 0 radical (unpaired) electrons. The number of hydrogen-bond acceptors (Lipinski definition) is 4. The van der Waals surface area contributed by atoms with Crippen LogP contribution in [0.3, 0.4) is 0 Å². The van der Waals surface area contributed by atoms with Gasteiger partial charge in [0.05, 0.1) is 11.1 Å². The van der Waals surface area contributed by atoms with Gasteiger partial charge in [-0.15, -0.1) is 0 Å². The number of rotatable bonds is 4. The SMILES string of the molecule is CON=CC(C)c1ccccc1[N+](=O)[O-]. The van der Waals surface area contributed by atoms with Gasteiger partial charge in [0.15, 0.2) is 0 Å². The summed E-state index contributed by atoms with van der Waals surface area (Å²) in [6, 6.07) is 6.60. The van der Waals surface area contributed by atoms with Crippen molar-refractivity contribution in [1.82, 2.24) is 0 Å². The Hall–Kier alpha value is -1.91. The normalized spacial score (nSPS) is 12.7. The van der Waals surface area contributed by atoms with Crippen LogP contribution in [0.1, 0.15) is 18.4 Å². The molecular formula is C10H12N2O3. The molecule has 0 saturated carbocycles. The molecule has 0 aliphatic heterocycles. The smallest absolute Gasteiger partial charge is 0.273 e. The van der Waals surface area contributed by atoms with Gasteiger partial charge in [0.2, 0.25) is 0 Å². The predicted octanol–water partition coefficient (Wildman–Crippen LogP) is 2.33. The minimum absolute atomic E-state index is 0.104. The van der Waals surface area contributed by atoms with Crippen molar-refractivity contribution in [3.05, 3.63) is 39.9 Å². The predicted molar refractivity (Wildman–Crippen MR) is 57.0 cm³/mol. The van der Waals surface area contributed by atoms with Crippen LogP contribution in [0.25, 0.3) is 0 Å². The fourth-order valence-corrected chi connectivity index (χ4v) is 1.27. The van der Waals surface area contributed by atoms with E-state index in [4.69, 9.17) is 0 Å². The molecule has 1 unspecified atom stereocenters. The molecule has 1 aromatic carbocycles. The molecule has 0 N–H and O–H groups in total. The Kier molecular flexibility index (Phi) is 3.79. The maximum absolute atomic E-state index is 10.7. The van der Waals surface area contributed by atoms with Crippen molar-refractivity contribution in [1.29, 1.82) is 0 Å². The van der Waals surface area contributed by atoms with Gasteiger partial charge in [0.25, 0.3) is 5.69 Å². The summed E-state index contributed by atoms with van der Waals surface area (Å²) >= 11 is 0. The lowest BCUT2D eigenvalue weighted by Gasteiger charge is -2.05. The fraction of sp³-hybridized carbons (Fsp3) is 0.300. The number of nitro groups is 1. The second-order valence-electron chi connectivity index (χ2n) is 3.04. The summed E-state index contributed by atoms with van der Waals surface area (Å²) in [7, 11) is 1.43. The van der Waals surface area contributed by atoms with Crippen molar-refractivity contribution >= 4 is 11.9 Å². The average Bonchev–Trinajstić information content (AvgIpc) is 2.25. The zero-order chi connectivity index (χ0) is 11.3. The first-order chi connectivity index (χ1) is 7.16. The zero-order valence-corrected chi connectivity index (χ0v) is 8.58. The van der Waals surface area contributed by atoms with Crippen LogP contribution in [0.4, 0.5) is 5.69 Å². The summed E-state index contributed by atoms with van der Waals surface area (Å²) in [6.45, 7) is 1.82. The van der Waals surface area contributed by atoms with Crippen molar-refractivity contribution in [2.45, 2.75) is 12.8 Å². The number of nitro benzene ring substituents is 1. The van der Waals surface area contributed by atoms with Crippen molar-refractivity contribution < 1.29 is 9.76 Å². The van der Waals surface area contributed by atoms with E-state index in [1.165, 1.54) is 19.4 Å². The van der Waals surface area contributed by atoms with Crippen molar-refractivity contribution in [2.75, 3.05) is 7.11 Å². The lowest BCUT2D eigenvalue weighted by Crippen LogP contribution is -2.00. The zero-order valence-electron chi connectivity index (χ0n) is 8.58. The van der Waals surface area contributed by atoms with Crippen molar-refractivity contribution in [2.24, 2.45) is 5.16 Å². The van der Waals surface area contributed by atoms with Crippen molar-refractivity contribution in [3.63, 3.8) is 0 Å². The third kappa shape index (κ3) is 2.77. The fourth-order valence-electron chi connectivity index (χ4n) is 1.27. The molecule has 0 fully saturated rings. The van der Waals surface area contributed by atoms with Crippen LogP contribution >= 0.6 is 0 Å². The van der Waals surface area contributed by atoms with Gasteiger partial charge < -0.3 is 4.84 Å². The van der Waals surface area contributed by atoms with E-state index in [0.29, 0.717) is 5.56 Å². The van der Waals surface area contributed by atoms with Crippen LogP contribution in [0.15, 0.2) is 29.4 Å². The summed E-state index contributed by atoms with van der Waals surface area (Å²) < 4.78 is 0. The maximum Gasteiger partial charge on any atom is 0.273 e. The molecule has 0 bridgehead atoms.